The second kappa shape index (κ2) is 6.72. The highest BCUT2D eigenvalue weighted by molar-refractivity contribution is 6.33. The quantitative estimate of drug-likeness (QED) is 0.534. The Kier molecular flexibility index (Phi) is 4.18. The van der Waals surface area contributed by atoms with Gasteiger partial charge in [-0.25, -0.2) is 15.0 Å². The molecule has 0 radical (unpaired) electrons. The van der Waals surface area contributed by atoms with Gasteiger partial charge in [-0.3, -0.25) is 4.90 Å². The van der Waals surface area contributed by atoms with Crippen LogP contribution in [0.3, 0.4) is 0 Å². The first-order chi connectivity index (χ1) is 13.6. The van der Waals surface area contributed by atoms with Gasteiger partial charge in [-0.05, 0) is 24.3 Å². The van der Waals surface area contributed by atoms with Gasteiger partial charge in [0.25, 0.3) is 0 Å². The van der Waals surface area contributed by atoms with Crippen LogP contribution in [0.1, 0.15) is 17.2 Å². The number of hydrogen-bond acceptors (Lipinski definition) is 4. The fraction of sp³-hybridized carbons (Fsp3) is 0.286. The summed E-state index contributed by atoms with van der Waals surface area (Å²) in [7, 11) is 4.11. The third kappa shape index (κ3) is 2.80. The number of pyridine rings is 1. The minimum atomic E-state index is 0.733. The summed E-state index contributed by atoms with van der Waals surface area (Å²) < 4.78 is 4.27. The van der Waals surface area contributed by atoms with Gasteiger partial charge in [-0.15, -0.1) is 0 Å². The summed E-state index contributed by atoms with van der Waals surface area (Å²) in [5.41, 5.74) is 5.27. The number of fused-ring (bicyclic) bond motifs is 2. The zero-order valence-electron chi connectivity index (χ0n) is 15.9. The van der Waals surface area contributed by atoms with Gasteiger partial charge >= 0.3 is 0 Å². The van der Waals surface area contributed by atoms with Crippen LogP contribution in [0.25, 0.3) is 22.6 Å². The van der Waals surface area contributed by atoms with Gasteiger partial charge in [0.05, 0.1) is 23.0 Å². The average molecular weight is 393 g/mol. The summed E-state index contributed by atoms with van der Waals surface area (Å²) in [4.78, 5) is 16.5. The van der Waals surface area contributed by atoms with E-state index < -0.39 is 0 Å². The van der Waals surface area contributed by atoms with E-state index in [4.69, 9.17) is 21.6 Å². The molecule has 0 fully saturated rings. The van der Waals surface area contributed by atoms with Crippen LogP contribution in [-0.2, 0) is 33.6 Å². The molecule has 1 aliphatic heterocycles. The average Bonchev–Trinajstić information content (AvgIpc) is 3.20. The van der Waals surface area contributed by atoms with Gasteiger partial charge in [0.15, 0.2) is 5.65 Å². The summed E-state index contributed by atoms with van der Waals surface area (Å²) in [6, 6.07) is 11.8. The van der Waals surface area contributed by atoms with Gasteiger partial charge < -0.3 is 9.13 Å². The maximum absolute atomic E-state index is 6.41. The molecule has 0 saturated carbocycles. The Morgan fingerprint density at radius 3 is 2.71 bits per heavy atom. The van der Waals surface area contributed by atoms with E-state index in [2.05, 4.69) is 26.1 Å². The second-order valence-electron chi connectivity index (χ2n) is 7.26. The highest BCUT2D eigenvalue weighted by Gasteiger charge is 2.25. The fourth-order valence-corrected chi connectivity index (χ4v) is 4.19. The highest BCUT2D eigenvalue weighted by atomic mass is 35.5. The van der Waals surface area contributed by atoms with Crippen molar-refractivity contribution in [2.45, 2.75) is 19.5 Å². The minimum absolute atomic E-state index is 0.733. The number of nitrogens with zero attached hydrogens (tertiary/aromatic N) is 6. The van der Waals surface area contributed by atoms with Crippen molar-refractivity contribution in [3.63, 3.8) is 0 Å². The van der Waals surface area contributed by atoms with E-state index in [1.165, 1.54) is 11.4 Å². The minimum Gasteiger partial charge on any atom is -0.330 e. The molecule has 0 amide bonds. The Balaban J connectivity index is 1.44. The third-order valence-corrected chi connectivity index (χ3v) is 5.86. The molecule has 0 saturated heterocycles. The molecule has 0 unspecified atom stereocenters. The van der Waals surface area contributed by atoms with Crippen molar-refractivity contribution in [1.82, 2.24) is 29.0 Å². The molecule has 4 heterocycles. The molecule has 1 aliphatic rings. The fourth-order valence-electron chi connectivity index (χ4n) is 3.97. The van der Waals surface area contributed by atoms with E-state index >= 15 is 0 Å². The van der Waals surface area contributed by atoms with Crippen molar-refractivity contribution in [2.75, 3.05) is 6.54 Å². The molecule has 7 heteroatoms. The number of hydrogen-bond donors (Lipinski definition) is 0. The topological polar surface area (TPSA) is 51.8 Å². The van der Waals surface area contributed by atoms with Crippen molar-refractivity contribution < 1.29 is 0 Å². The molecule has 4 aromatic rings. The summed E-state index contributed by atoms with van der Waals surface area (Å²) in [5, 5.41) is 0.733. The molecule has 6 nitrogen and oxygen atoms in total. The number of aromatic nitrogens is 5. The molecule has 0 aliphatic carbocycles. The van der Waals surface area contributed by atoms with Gasteiger partial charge in [0.1, 0.15) is 17.2 Å². The highest BCUT2D eigenvalue weighted by Crippen LogP contribution is 2.30. The summed E-state index contributed by atoms with van der Waals surface area (Å²) in [6.07, 6.45) is 2.74. The molecule has 28 heavy (non-hydrogen) atoms. The Morgan fingerprint density at radius 2 is 1.89 bits per heavy atom. The number of rotatable bonds is 3. The van der Waals surface area contributed by atoms with E-state index in [1.807, 2.05) is 49.6 Å². The molecule has 3 aromatic heterocycles. The lowest BCUT2D eigenvalue weighted by molar-refractivity contribution is 0.230. The van der Waals surface area contributed by atoms with Gasteiger partial charge in [0.2, 0.25) is 0 Å². The van der Waals surface area contributed by atoms with Crippen LogP contribution < -0.4 is 0 Å². The predicted octanol–water partition coefficient (Wildman–Crippen LogP) is 3.58. The molecule has 0 spiro atoms. The van der Waals surface area contributed by atoms with Crippen LogP contribution >= 0.6 is 11.6 Å². The van der Waals surface area contributed by atoms with Crippen LogP contribution in [0.5, 0.6) is 0 Å². The van der Waals surface area contributed by atoms with Crippen LogP contribution in [0.15, 0.2) is 42.6 Å². The molecule has 142 valence electrons. The van der Waals surface area contributed by atoms with Gasteiger partial charge in [-0.1, -0.05) is 23.7 Å². The number of imidazole rings is 2. The SMILES string of the molecule is Cn1c(-c2ccccc2Cl)nc2c1CN(Cc1nc3cccnc3n1C)CC2. The zero-order valence-corrected chi connectivity index (χ0v) is 16.7. The molecular weight excluding hydrogens is 372 g/mol. The first-order valence-electron chi connectivity index (χ1n) is 9.40. The third-order valence-electron chi connectivity index (χ3n) is 5.54. The normalized spacial score (nSPS) is 14.5. The van der Waals surface area contributed by atoms with Crippen LogP contribution in [0.4, 0.5) is 0 Å². The lowest BCUT2D eigenvalue weighted by atomic mass is 10.1. The summed E-state index contributed by atoms with van der Waals surface area (Å²) in [5.74, 6) is 1.97. The largest absolute Gasteiger partial charge is 0.330 e. The Labute approximate surface area is 168 Å². The first-order valence-corrected chi connectivity index (χ1v) is 9.77. The molecule has 0 atom stereocenters. The van der Waals surface area contributed by atoms with E-state index in [-0.39, 0.29) is 0 Å². The molecular formula is C21H21ClN6. The van der Waals surface area contributed by atoms with Crippen LogP contribution in [0.2, 0.25) is 5.02 Å². The summed E-state index contributed by atoms with van der Waals surface area (Å²) >= 11 is 6.41. The van der Waals surface area contributed by atoms with Crippen molar-refractivity contribution in [2.24, 2.45) is 14.1 Å². The van der Waals surface area contributed by atoms with Crippen molar-refractivity contribution in [1.29, 1.82) is 0 Å². The van der Waals surface area contributed by atoms with Crippen LogP contribution in [-0.4, -0.2) is 35.5 Å². The smallest absolute Gasteiger partial charge is 0.159 e. The first kappa shape index (κ1) is 17.4. The zero-order chi connectivity index (χ0) is 19.3. The van der Waals surface area contributed by atoms with E-state index in [9.17, 15) is 0 Å². The Morgan fingerprint density at radius 1 is 1.04 bits per heavy atom. The molecule has 5 rings (SSSR count). The second-order valence-corrected chi connectivity index (χ2v) is 7.67. The molecule has 1 aromatic carbocycles. The lowest BCUT2D eigenvalue weighted by Crippen LogP contribution is -2.31. The Bertz CT molecular complexity index is 1180. The van der Waals surface area contributed by atoms with E-state index in [1.54, 1.807) is 0 Å². The standard InChI is InChI=1S/C21H21ClN6/c1-26-18-12-28(13-19-24-17-8-5-10-23-21(17)27(19)2)11-9-16(18)25-20(26)14-6-3-4-7-15(14)22/h3-8,10H,9,11-13H2,1-2H3. The van der Waals surface area contributed by atoms with E-state index in [0.29, 0.717) is 0 Å². The predicted molar refractivity (Wildman–Crippen MR) is 110 cm³/mol. The van der Waals surface area contributed by atoms with Crippen LogP contribution in [0, 0.1) is 0 Å². The molecule has 0 bridgehead atoms. The van der Waals surface area contributed by atoms with Crippen molar-refractivity contribution in [3.8, 4) is 11.4 Å². The lowest BCUT2D eigenvalue weighted by Gasteiger charge is -2.26. The van der Waals surface area contributed by atoms with Crippen molar-refractivity contribution in [3.05, 3.63) is 64.8 Å². The van der Waals surface area contributed by atoms with E-state index in [0.717, 1.165) is 59.5 Å². The number of benzene rings is 1. The van der Waals surface area contributed by atoms with Crippen molar-refractivity contribution >= 4 is 22.8 Å². The monoisotopic (exact) mass is 392 g/mol. The van der Waals surface area contributed by atoms with Gasteiger partial charge in [0, 0.05) is 45.4 Å². The maximum atomic E-state index is 6.41. The summed E-state index contributed by atoms with van der Waals surface area (Å²) in [6.45, 7) is 2.60. The number of aryl methyl sites for hydroxylation is 1. The molecule has 0 N–H and O–H groups in total. The van der Waals surface area contributed by atoms with Gasteiger partial charge in [-0.2, -0.15) is 0 Å². The maximum Gasteiger partial charge on any atom is 0.159 e. The number of halogens is 1. The Hall–Kier alpha value is -2.70.